The average molecular weight is 643 g/mol. The highest BCUT2D eigenvalue weighted by Gasteiger charge is 2.55. The van der Waals surface area contributed by atoms with Gasteiger partial charge in [0.1, 0.15) is 11.6 Å². The van der Waals surface area contributed by atoms with Crippen molar-refractivity contribution in [1.29, 1.82) is 0 Å². The summed E-state index contributed by atoms with van der Waals surface area (Å²) in [6.45, 7) is 8.57. The van der Waals surface area contributed by atoms with Gasteiger partial charge >= 0.3 is 0 Å². The first-order chi connectivity index (χ1) is 21.4. The number of sulfonamides is 1. The van der Waals surface area contributed by atoms with Gasteiger partial charge in [-0.25, -0.2) is 17.4 Å². The SMILES string of the molecule is CCCCN1C(=O)[C@@H]([C@H](O)C2CCCCC2)NC(=O)C12CCN(Cc1c(C)nn(-c3ccc(S(=O)(=O)N(C)C)cc3)c1C)CC2. The second kappa shape index (κ2) is 13.5. The van der Waals surface area contributed by atoms with Gasteiger partial charge in [-0.2, -0.15) is 5.10 Å². The first-order valence-electron chi connectivity index (χ1n) is 16.5. The Bertz CT molecular complexity index is 1470. The Morgan fingerprint density at radius 3 is 2.31 bits per heavy atom. The van der Waals surface area contributed by atoms with Gasteiger partial charge in [-0.05, 0) is 76.1 Å². The van der Waals surface area contributed by atoms with Gasteiger partial charge in [-0.3, -0.25) is 14.5 Å². The van der Waals surface area contributed by atoms with E-state index in [1.54, 1.807) is 24.3 Å². The van der Waals surface area contributed by atoms with Gasteiger partial charge < -0.3 is 15.3 Å². The standard InChI is InChI=1S/C33H50N6O5S/c1-6-7-19-38-31(41)29(30(40)25-11-9-8-10-12-25)34-32(42)33(38)17-20-37(21-18-33)22-28-23(2)35-39(24(28)3)26-13-15-27(16-14-26)45(43,44)36(4)5/h13-16,25,29-30,40H,6-12,17-22H2,1-5H3,(H,34,42)/t29-,30-/m1/s1. The lowest BCUT2D eigenvalue weighted by Gasteiger charge is -2.52. The number of hydrogen-bond donors (Lipinski definition) is 2. The highest BCUT2D eigenvalue weighted by molar-refractivity contribution is 7.89. The van der Waals surface area contributed by atoms with E-state index in [2.05, 4.69) is 17.1 Å². The molecule has 2 aromatic rings. The molecule has 1 aromatic heterocycles. The summed E-state index contributed by atoms with van der Waals surface area (Å²) in [5.74, 6) is -0.210. The zero-order chi connectivity index (χ0) is 32.5. The molecule has 3 heterocycles. The van der Waals surface area contributed by atoms with Crippen molar-refractivity contribution in [3.05, 3.63) is 41.2 Å². The zero-order valence-electron chi connectivity index (χ0n) is 27.5. The molecule has 1 aliphatic carbocycles. The molecule has 248 valence electrons. The van der Waals surface area contributed by atoms with Crippen LogP contribution in [0.15, 0.2) is 29.2 Å². The summed E-state index contributed by atoms with van der Waals surface area (Å²) in [7, 11) is -0.491. The fourth-order valence-electron chi connectivity index (χ4n) is 7.39. The first-order valence-corrected chi connectivity index (χ1v) is 18.0. The number of nitrogens with one attached hydrogen (secondary N) is 1. The molecule has 2 amide bonds. The average Bonchev–Trinajstić information content (AvgIpc) is 3.32. The predicted molar refractivity (Wildman–Crippen MR) is 172 cm³/mol. The Morgan fingerprint density at radius 1 is 1.07 bits per heavy atom. The number of carbonyl (C=O) groups is 2. The van der Waals surface area contributed by atoms with Gasteiger partial charge in [0.15, 0.2) is 0 Å². The van der Waals surface area contributed by atoms with Gasteiger partial charge in [-0.1, -0.05) is 32.6 Å². The van der Waals surface area contributed by atoms with Gasteiger partial charge in [0.05, 0.1) is 22.4 Å². The molecular weight excluding hydrogens is 592 g/mol. The van der Waals surface area contributed by atoms with Crippen LogP contribution in [0, 0.1) is 19.8 Å². The summed E-state index contributed by atoms with van der Waals surface area (Å²) in [6.07, 6.45) is 7.03. The summed E-state index contributed by atoms with van der Waals surface area (Å²) >= 11 is 0. The Balaban J connectivity index is 1.29. The van der Waals surface area contributed by atoms with Gasteiger partial charge in [-0.15, -0.1) is 0 Å². The number of aromatic nitrogens is 2. The van der Waals surface area contributed by atoms with Crippen LogP contribution >= 0.6 is 0 Å². The number of rotatable bonds is 10. The number of piperidine rings is 1. The maximum absolute atomic E-state index is 13.9. The fourth-order valence-corrected chi connectivity index (χ4v) is 8.29. The minimum absolute atomic E-state index is 0.0494. The van der Waals surface area contributed by atoms with Gasteiger partial charge in [0.25, 0.3) is 0 Å². The summed E-state index contributed by atoms with van der Waals surface area (Å²) in [5, 5.41) is 19.0. The number of nitrogens with zero attached hydrogens (tertiary/aromatic N) is 5. The molecule has 2 N–H and O–H groups in total. The molecule has 2 atom stereocenters. The molecular formula is C33H50N6O5S. The molecule has 2 aliphatic heterocycles. The van der Waals surface area contributed by atoms with Crippen LogP contribution in [0.25, 0.3) is 5.69 Å². The lowest BCUT2D eigenvalue weighted by atomic mass is 9.78. The number of likely N-dealkylation sites (tertiary alicyclic amines) is 1. The normalized spacial score (nSPS) is 22.3. The topological polar surface area (TPSA) is 128 Å². The van der Waals surface area contributed by atoms with Crippen molar-refractivity contribution < 1.29 is 23.1 Å². The van der Waals surface area contributed by atoms with Crippen LogP contribution in [-0.2, 0) is 26.2 Å². The van der Waals surface area contributed by atoms with E-state index in [0.717, 1.165) is 67.6 Å². The molecule has 0 radical (unpaired) electrons. The number of aryl methyl sites for hydroxylation is 1. The summed E-state index contributed by atoms with van der Waals surface area (Å²) in [6, 6.07) is 5.88. The number of amides is 2. The number of unbranched alkanes of at least 4 members (excludes halogenated alkanes) is 1. The molecule has 0 unspecified atom stereocenters. The van der Waals surface area contributed by atoms with Crippen LogP contribution in [0.4, 0.5) is 0 Å². The second-order valence-corrected chi connectivity index (χ2v) is 15.5. The van der Waals surface area contributed by atoms with Crippen LogP contribution in [0.2, 0.25) is 0 Å². The minimum atomic E-state index is -3.52. The number of carbonyl (C=O) groups excluding carboxylic acids is 2. The molecule has 1 aromatic carbocycles. The molecule has 1 spiro atoms. The van der Waals surface area contributed by atoms with Crippen molar-refractivity contribution in [2.24, 2.45) is 5.92 Å². The van der Waals surface area contributed by atoms with Crippen molar-refractivity contribution >= 4 is 21.8 Å². The minimum Gasteiger partial charge on any atom is -0.390 e. The lowest BCUT2D eigenvalue weighted by molar-refractivity contribution is -0.166. The van der Waals surface area contributed by atoms with Crippen LogP contribution in [-0.4, -0.2) is 101 Å². The number of piperazine rings is 1. The number of aliphatic hydroxyl groups excluding tert-OH is 1. The van der Waals surface area contributed by atoms with E-state index in [0.29, 0.717) is 39.0 Å². The van der Waals surface area contributed by atoms with Crippen LogP contribution in [0.3, 0.4) is 0 Å². The second-order valence-electron chi connectivity index (χ2n) is 13.3. The summed E-state index contributed by atoms with van der Waals surface area (Å²) < 4.78 is 28.0. The monoisotopic (exact) mass is 642 g/mol. The third-order valence-electron chi connectivity index (χ3n) is 10.3. The smallest absolute Gasteiger partial charge is 0.248 e. The maximum Gasteiger partial charge on any atom is 0.248 e. The third-order valence-corrected chi connectivity index (χ3v) is 12.2. The van der Waals surface area contributed by atoms with Crippen molar-refractivity contribution in [3.63, 3.8) is 0 Å². The molecule has 11 nitrogen and oxygen atoms in total. The van der Waals surface area contributed by atoms with Crippen LogP contribution in [0.1, 0.15) is 81.7 Å². The van der Waals surface area contributed by atoms with E-state index in [1.165, 1.54) is 18.4 Å². The van der Waals surface area contributed by atoms with E-state index in [1.807, 2.05) is 23.4 Å². The molecule has 5 rings (SSSR count). The molecule has 3 fully saturated rings. The number of benzene rings is 1. The molecule has 45 heavy (non-hydrogen) atoms. The number of hydrogen-bond acceptors (Lipinski definition) is 7. The van der Waals surface area contributed by atoms with E-state index < -0.39 is 27.7 Å². The van der Waals surface area contributed by atoms with E-state index >= 15 is 0 Å². The lowest BCUT2D eigenvalue weighted by Crippen LogP contribution is -2.75. The Morgan fingerprint density at radius 2 is 1.71 bits per heavy atom. The summed E-state index contributed by atoms with van der Waals surface area (Å²) in [5.41, 5.74) is 2.86. The first kappa shape index (κ1) is 33.6. The quantitative estimate of drug-likeness (QED) is 0.408. The molecule has 1 saturated carbocycles. The van der Waals surface area contributed by atoms with Crippen molar-refractivity contribution in [1.82, 2.24) is 29.2 Å². The molecule has 12 heteroatoms. The van der Waals surface area contributed by atoms with E-state index in [-0.39, 0.29) is 22.6 Å². The van der Waals surface area contributed by atoms with Gasteiger partial charge in [0, 0.05) is 51.5 Å². The van der Waals surface area contributed by atoms with Crippen molar-refractivity contribution in [2.75, 3.05) is 33.7 Å². The molecule has 3 aliphatic rings. The van der Waals surface area contributed by atoms with Crippen molar-refractivity contribution in [2.45, 2.75) is 108 Å². The third kappa shape index (κ3) is 6.43. The summed E-state index contributed by atoms with van der Waals surface area (Å²) in [4.78, 5) is 32.2. The van der Waals surface area contributed by atoms with Crippen LogP contribution in [0.5, 0.6) is 0 Å². The largest absolute Gasteiger partial charge is 0.390 e. The van der Waals surface area contributed by atoms with Crippen molar-refractivity contribution in [3.8, 4) is 5.69 Å². The van der Waals surface area contributed by atoms with E-state index in [4.69, 9.17) is 5.10 Å². The fraction of sp³-hybridized carbons (Fsp3) is 0.667. The van der Waals surface area contributed by atoms with Crippen LogP contribution < -0.4 is 5.32 Å². The van der Waals surface area contributed by atoms with Gasteiger partial charge in [0.2, 0.25) is 21.8 Å². The Hall–Kier alpha value is -2.80. The molecule has 2 saturated heterocycles. The highest BCUT2D eigenvalue weighted by atomic mass is 32.2. The molecule has 0 bridgehead atoms. The predicted octanol–water partition coefficient (Wildman–Crippen LogP) is 3.14. The highest BCUT2D eigenvalue weighted by Crippen LogP contribution is 2.37. The van der Waals surface area contributed by atoms with E-state index in [9.17, 15) is 23.1 Å². The maximum atomic E-state index is 13.9. The Kier molecular flexibility index (Phi) is 10.1. The number of aliphatic hydroxyl groups is 1. The Labute approximate surface area is 268 Å². The zero-order valence-corrected chi connectivity index (χ0v) is 28.3.